The molecule has 0 saturated carbocycles. The van der Waals surface area contributed by atoms with Gasteiger partial charge in [0.2, 0.25) is 0 Å². The molecule has 0 fully saturated rings. The van der Waals surface area contributed by atoms with Crippen molar-refractivity contribution in [2.24, 2.45) is 5.10 Å². The zero-order valence-corrected chi connectivity index (χ0v) is 18.7. The lowest BCUT2D eigenvalue weighted by Crippen LogP contribution is -2.32. The second-order valence-corrected chi connectivity index (χ2v) is 7.37. The van der Waals surface area contributed by atoms with Crippen LogP contribution in [0.15, 0.2) is 96.1 Å². The lowest BCUT2D eigenvalue weighted by atomic mass is 10.1. The van der Waals surface area contributed by atoms with E-state index < -0.39 is 17.8 Å². The van der Waals surface area contributed by atoms with E-state index in [4.69, 9.17) is 9.47 Å². The van der Waals surface area contributed by atoms with Gasteiger partial charge in [0.05, 0.1) is 18.9 Å². The number of carbonyl (C=O) groups is 3. The number of nitrogens with one attached hydrogen (secondary N) is 2. The minimum atomic E-state index is -0.903. The molecule has 0 bridgehead atoms. The summed E-state index contributed by atoms with van der Waals surface area (Å²) in [6.45, 7) is 0. The molecule has 4 aromatic carbocycles. The number of hydrogen-bond acceptors (Lipinski definition) is 6. The SMILES string of the molecule is COc1ccc(C(=O)Oc2ccc(/C=N/NC(=O)C(=O)Nc3cccc4ccccc34)cc2)cc1. The molecule has 35 heavy (non-hydrogen) atoms. The van der Waals surface area contributed by atoms with Crippen LogP contribution in [0.4, 0.5) is 5.69 Å². The number of fused-ring (bicyclic) bond motifs is 1. The van der Waals surface area contributed by atoms with Gasteiger partial charge in [0.15, 0.2) is 0 Å². The first-order chi connectivity index (χ1) is 17.0. The van der Waals surface area contributed by atoms with Crippen LogP contribution in [0, 0.1) is 0 Å². The van der Waals surface area contributed by atoms with E-state index in [0.29, 0.717) is 28.3 Å². The van der Waals surface area contributed by atoms with Crippen LogP contribution in [0.1, 0.15) is 15.9 Å². The summed E-state index contributed by atoms with van der Waals surface area (Å²) in [5.41, 5.74) is 3.75. The van der Waals surface area contributed by atoms with Gasteiger partial charge in [-0.15, -0.1) is 0 Å². The van der Waals surface area contributed by atoms with Crippen LogP contribution < -0.4 is 20.2 Å². The van der Waals surface area contributed by atoms with Crippen LogP contribution in [-0.2, 0) is 9.59 Å². The van der Waals surface area contributed by atoms with E-state index in [1.54, 1.807) is 67.8 Å². The van der Waals surface area contributed by atoms with E-state index in [1.165, 1.54) is 6.21 Å². The van der Waals surface area contributed by atoms with Crippen LogP contribution in [0.2, 0.25) is 0 Å². The highest BCUT2D eigenvalue weighted by Gasteiger charge is 2.14. The third-order valence-electron chi connectivity index (χ3n) is 5.04. The second kappa shape index (κ2) is 10.8. The van der Waals surface area contributed by atoms with Gasteiger partial charge in [0, 0.05) is 11.1 Å². The van der Waals surface area contributed by atoms with Gasteiger partial charge >= 0.3 is 17.8 Å². The van der Waals surface area contributed by atoms with Crippen molar-refractivity contribution in [3.05, 3.63) is 102 Å². The van der Waals surface area contributed by atoms with Gasteiger partial charge in [0.1, 0.15) is 11.5 Å². The Bertz CT molecular complexity index is 1390. The molecule has 8 nitrogen and oxygen atoms in total. The van der Waals surface area contributed by atoms with Crippen molar-refractivity contribution in [2.75, 3.05) is 12.4 Å². The van der Waals surface area contributed by atoms with Gasteiger partial charge in [-0.05, 0) is 65.5 Å². The molecular formula is C27H21N3O5. The lowest BCUT2D eigenvalue weighted by molar-refractivity contribution is -0.136. The van der Waals surface area contributed by atoms with Crippen molar-refractivity contribution in [1.82, 2.24) is 5.43 Å². The molecule has 2 amide bonds. The van der Waals surface area contributed by atoms with Crippen molar-refractivity contribution < 1.29 is 23.9 Å². The average molecular weight is 467 g/mol. The number of methoxy groups -OCH3 is 1. The molecule has 0 radical (unpaired) electrons. The summed E-state index contributed by atoms with van der Waals surface area (Å²) in [7, 11) is 1.55. The monoisotopic (exact) mass is 467 g/mol. The zero-order valence-electron chi connectivity index (χ0n) is 18.7. The maximum atomic E-state index is 12.2. The smallest absolute Gasteiger partial charge is 0.343 e. The van der Waals surface area contributed by atoms with E-state index in [2.05, 4.69) is 15.8 Å². The highest BCUT2D eigenvalue weighted by Crippen LogP contribution is 2.22. The van der Waals surface area contributed by atoms with Crippen LogP contribution >= 0.6 is 0 Å². The molecule has 0 unspecified atom stereocenters. The third kappa shape index (κ3) is 5.88. The molecule has 0 atom stereocenters. The molecular weight excluding hydrogens is 446 g/mol. The van der Waals surface area contributed by atoms with Crippen molar-refractivity contribution >= 4 is 40.5 Å². The van der Waals surface area contributed by atoms with Crippen LogP contribution in [-0.4, -0.2) is 31.1 Å². The minimum Gasteiger partial charge on any atom is -0.497 e. The molecule has 0 spiro atoms. The van der Waals surface area contributed by atoms with Gasteiger partial charge in [-0.1, -0.05) is 36.4 Å². The Labute approximate surface area is 201 Å². The number of benzene rings is 4. The number of hydrogen-bond donors (Lipinski definition) is 2. The number of nitrogens with zero attached hydrogens (tertiary/aromatic N) is 1. The fraction of sp³-hybridized carbons (Fsp3) is 0.0370. The number of carbonyl (C=O) groups excluding carboxylic acids is 3. The molecule has 4 aromatic rings. The Morgan fingerprint density at radius 2 is 1.46 bits per heavy atom. The average Bonchev–Trinajstić information content (AvgIpc) is 2.90. The predicted molar refractivity (Wildman–Crippen MR) is 133 cm³/mol. The zero-order chi connectivity index (χ0) is 24.6. The van der Waals surface area contributed by atoms with Crippen LogP contribution in [0.25, 0.3) is 10.8 Å². The number of ether oxygens (including phenoxy) is 2. The third-order valence-corrected chi connectivity index (χ3v) is 5.04. The molecule has 8 heteroatoms. The van der Waals surface area contributed by atoms with E-state index >= 15 is 0 Å². The molecule has 0 heterocycles. The molecule has 0 aliphatic carbocycles. The molecule has 174 valence electrons. The summed E-state index contributed by atoms with van der Waals surface area (Å²) < 4.78 is 10.4. The molecule has 0 saturated heterocycles. The van der Waals surface area contributed by atoms with E-state index in [0.717, 1.165) is 10.8 Å². The number of amides is 2. The predicted octanol–water partition coefficient (Wildman–Crippen LogP) is 4.16. The van der Waals surface area contributed by atoms with Crippen molar-refractivity contribution in [3.8, 4) is 11.5 Å². The number of esters is 1. The highest BCUT2D eigenvalue weighted by atomic mass is 16.5. The van der Waals surface area contributed by atoms with Crippen molar-refractivity contribution in [1.29, 1.82) is 0 Å². The van der Waals surface area contributed by atoms with Crippen molar-refractivity contribution in [2.45, 2.75) is 0 Å². The summed E-state index contributed by atoms with van der Waals surface area (Å²) >= 11 is 0. The summed E-state index contributed by atoms with van der Waals surface area (Å²) in [6, 6.07) is 26.0. The minimum absolute atomic E-state index is 0.349. The van der Waals surface area contributed by atoms with Gasteiger partial charge in [0.25, 0.3) is 0 Å². The topological polar surface area (TPSA) is 106 Å². The fourth-order valence-electron chi connectivity index (χ4n) is 3.24. The summed E-state index contributed by atoms with van der Waals surface area (Å²) in [5, 5.41) is 8.19. The van der Waals surface area contributed by atoms with Gasteiger partial charge in [-0.3, -0.25) is 9.59 Å². The Balaban J connectivity index is 1.30. The van der Waals surface area contributed by atoms with Crippen LogP contribution in [0.5, 0.6) is 11.5 Å². The summed E-state index contributed by atoms with van der Waals surface area (Å²) in [5.74, 6) is -1.25. The first-order valence-electron chi connectivity index (χ1n) is 10.6. The van der Waals surface area contributed by atoms with Crippen molar-refractivity contribution in [3.63, 3.8) is 0 Å². The normalized spacial score (nSPS) is 10.7. The van der Waals surface area contributed by atoms with E-state index in [9.17, 15) is 14.4 Å². The van der Waals surface area contributed by atoms with E-state index in [-0.39, 0.29) is 0 Å². The Morgan fingerprint density at radius 1 is 0.771 bits per heavy atom. The second-order valence-electron chi connectivity index (χ2n) is 7.37. The first kappa shape index (κ1) is 23.2. The highest BCUT2D eigenvalue weighted by molar-refractivity contribution is 6.40. The Kier molecular flexibility index (Phi) is 7.13. The van der Waals surface area contributed by atoms with Crippen LogP contribution in [0.3, 0.4) is 0 Å². The molecule has 0 aliphatic heterocycles. The number of anilines is 1. The summed E-state index contributed by atoms with van der Waals surface area (Å²) in [4.78, 5) is 36.6. The largest absolute Gasteiger partial charge is 0.497 e. The Morgan fingerprint density at radius 3 is 2.20 bits per heavy atom. The Hall–Kier alpha value is -4.98. The summed E-state index contributed by atoms with van der Waals surface area (Å²) in [6.07, 6.45) is 1.37. The van der Waals surface area contributed by atoms with Gasteiger partial charge < -0.3 is 14.8 Å². The molecule has 2 N–H and O–H groups in total. The number of hydrazone groups is 1. The first-order valence-corrected chi connectivity index (χ1v) is 10.6. The fourth-order valence-corrected chi connectivity index (χ4v) is 3.24. The molecule has 4 rings (SSSR count). The molecule has 0 aromatic heterocycles. The quantitative estimate of drug-likeness (QED) is 0.146. The molecule has 0 aliphatic rings. The number of rotatable bonds is 6. The van der Waals surface area contributed by atoms with Gasteiger partial charge in [-0.2, -0.15) is 5.10 Å². The van der Waals surface area contributed by atoms with Gasteiger partial charge in [-0.25, -0.2) is 10.2 Å². The lowest BCUT2D eigenvalue weighted by Gasteiger charge is -2.07. The standard InChI is InChI=1S/C27H21N3O5/c1-34-21-15-11-20(12-16-21)27(33)35-22-13-9-18(10-14-22)17-28-30-26(32)25(31)29-24-8-4-6-19-5-2-3-7-23(19)24/h2-17H,1H3,(H,29,31)(H,30,32)/b28-17+. The maximum Gasteiger partial charge on any atom is 0.343 e. The maximum absolute atomic E-state index is 12.2. The van der Waals surface area contributed by atoms with E-state index in [1.807, 2.05) is 30.3 Å².